The summed E-state index contributed by atoms with van der Waals surface area (Å²) in [7, 11) is 1.57. The number of fused-ring (bicyclic) bond motifs is 1. The third kappa shape index (κ3) is 7.29. The van der Waals surface area contributed by atoms with E-state index in [1.165, 1.54) is 42.4 Å². The first-order chi connectivity index (χ1) is 17.2. The van der Waals surface area contributed by atoms with E-state index in [0.29, 0.717) is 29.9 Å². The predicted molar refractivity (Wildman–Crippen MR) is 139 cm³/mol. The Balaban J connectivity index is 0.00000167. The van der Waals surface area contributed by atoms with Crippen LogP contribution in [0.1, 0.15) is 51.4 Å². The molecule has 1 fully saturated rings. The number of nitrogens with two attached hydrogens (primary N) is 1. The standard InChI is InChI=1S/C23H32N8O2.C2H6/c1-3-19(32-2)20-26-23-28-22(27-21(24)31(23)29-20)25-12-11-17-7-9-18(10-8-17)33-16-15-30-13-5-4-6-14-30;1-2/h3,7-10H,4-6,11-16H2,1-2H3,(H3,24,25,26,27,28,29);1-2H3/b19-3-;. The van der Waals surface area contributed by atoms with Gasteiger partial charge in [-0.1, -0.05) is 32.4 Å². The predicted octanol–water partition coefficient (Wildman–Crippen LogP) is 3.65. The molecule has 0 unspecified atom stereocenters. The Hall–Kier alpha value is -3.40. The summed E-state index contributed by atoms with van der Waals surface area (Å²) in [6, 6.07) is 8.23. The van der Waals surface area contributed by atoms with Crippen molar-refractivity contribution in [3.8, 4) is 5.75 Å². The lowest BCUT2D eigenvalue weighted by molar-refractivity contribution is 0.183. The van der Waals surface area contributed by atoms with E-state index in [1.807, 2.05) is 32.9 Å². The van der Waals surface area contributed by atoms with Gasteiger partial charge < -0.3 is 20.5 Å². The highest BCUT2D eigenvalue weighted by molar-refractivity contribution is 5.55. The minimum absolute atomic E-state index is 0.207. The van der Waals surface area contributed by atoms with Crippen LogP contribution in [0.4, 0.5) is 11.9 Å². The fourth-order valence-electron chi connectivity index (χ4n) is 3.87. The van der Waals surface area contributed by atoms with Crippen molar-refractivity contribution in [3.05, 3.63) is 41.7 Å². The molecule has 1 aromatic carbocycles. The highest BCUT2D eigenvalue weighted by Gasteiger charge is 2.14. The highest BCUT2D eigenvalue weighted by Crippen LogP contribution is 2.16. The molecule has 0 amide bonds. The second-order valence-corrected chi connectivity index (χ2v) is 7.98. The molecule has 1 saturated heterocycles. The lowest BCUT2D eigenvalue weighted by atomic mass is 10.1. The maximum atomic E-state index is 6.03. The molecule has 0 aliphatic carbocycles. The molecule has 4 rings (SSSR count). The molecule has 0 radical (unpaired) electrons. The first kappa shape index (κ1) is 26.2. The molecule has 1 aliphatic rings. The summed E-state index contributed by atoms with van der Waals surface area (Å²) in [4.78, 5) is 15.5. The van der Waals surface area contributed by atoms with E-state index in [9.17, 15) is 0 Å². The second kappa shape index (κ2) is 13.5. The number of rotatable bonds is 10. The maximum Gasteiger partial charge on any atom is 0.259 e. The molecule has 0 spiro atoms. The number of benzene rings is 1. The van der Waals surface area contributed by atoms with Gasteiger partial charge in [0.15, 0.2) is 5.76 Å². The van der Waals surface area contributed by atoms with E-state index in [4.69, 9.17) is 15.2 Å². The molecule has 190 valence electrons. The van der Waals surface area contributed by atoms with Gasteiger partial charge in [0.2, 0.25) is 17.7 Å². The van der Waals surface area contributed by atoms with Crippen molar-refractivity contribution >= 4 is 23.4 Å². The minimum Gasteiger partial charge on any atom is -0.493 e. The van der Waals surface area contributed by atoms with E-state index in [0.717, 1.165) is 25.3 Å². The Labute approximate surface area is 207 Å². The van der Waals surface area contributed by atoms with Gasteiger partial charge in [0.1, 0.15) is 12.4 Å². The van der Waals surface area contributed by atoms with Crippen LogP contribution < -0.4 is 15.8 Å². The highest BCUT2D eigenvalue weighted by atomic mass is 16.5. The van der Waals surface area contributed by atoms with E-state index < -0.39 is 0 Å². The SMILES string of the molecule is C/C=C(\OC)c1nc2nc(NCCc3ccc(OCCN4CCCCC4)cc3)nc(N)n2n1.CC. The molecular formula is C25H38N8O2. The number of anilines is 2. The van der Waals surface area contributed by atoms with Crippen molar-refractivity contribution < 1.29 is 9.47 Å². The number of hydrogen-bond donors (Lipinski definition) is 2. The van der Waals surface area contributed by atoms with E-state index in [2.05, 4.69) is 42.4 Å². The molecule has 3 aromatic rings. The Morgan fingerprint density at radius 1 is 1.09 bits per heavy atom. The third-order valence-corrected chi connectivity index (χ3v) is 5.68. The van der Waals surface area contributed by atoms with Crippen molar-refractivity contribution in [3.63, 3.8) is 0 Å². The van der Waals surface area contributed by atoms with Gasteiger partial charge >= 0.3 is 0 Å². The van der Waals surface area contributed by atoms with Crippen LogP contribution in [0.5, 0.6) is 5.75 Å². The molecule has 10 nitrogen and oxygen atoms in total. The van der Waals surface area contributed by atoms with Crippen LogP contribution in [-0.4, -0.2) is 69.4 Å². The Kier molecular flexibility index (Phi) is 10.1. The van der Waals surface area contributed by atoms with Crippen LogP contribution in [0.15, 0.2) is 30.3 Å². The monoisotopic (exact) mass is 482 g/mol. The summed E-state index contributed by atoms with van der Waals surface area (Å²) in [5, 5.41) is 7.51. The van der Waals surface area contributed by atoms with E-state index in [-0.39, 0.29) is 5.95 Å². The Morgan fingerprint density at radius 3 is 2.51 bits per heavy atom. The molecule has 0 saturated carbocycles. The summed E-state index contributed by atoms with van der Waals surface area (Å²) >= 11 is 0. The van der Waals surface area contributed by atoms with E-state index in [1.54, 1.807) is 13.2 Å². The van der Waals surface area contributed by atoms with Crippen molar-refractivity contribution in [1.82, 2.24) is 29.5 Å². The van der Waals surface area contributed by atoms with Gasteiger partial charge in [0.25, 0.3) is 5.78 Å². The third-order valence-electron chi connectivity index (χ3n) is 5.68. The molecule has 2 aromatic heterocycles. The Morgan fingerprint density at radius 2 is 1.83 bits per heavy atom. The van der Waals surface area contributed by atoms with Crippen molar-refractivity contribution in [2.24, 2.45) is 0 Å². The van der Waals surface area contributed by atoms with Crippen LogP contribution in [-0.2, 0) is 11.2 Å². The van der Waals surface area contributed by atoms with Crippen LogP contribution in [0.2, 0.25) is 0 Å². The number of hydrogen-bond acceptors (Lipinski definition) is 9. The lowest BCUT2D eigenvalue weighted by Gasteiger charge is -2.26. The van der Waals surface area contributed by atoms with Crippen LogP contribution >= 0.6 is 0 Å². The first-order valence-electron chi connectivity index (χ1n) is 12.4. The van der Waals surface area contributed by atoms with Gasteiger partial charge in [0, 0.05) is 13.1 Å². The normalized spacial score (nSPS) is 14.3. The molecule has 10 heteroatoms. The largest absolute Gasteiger partial charge is 0.493 e. The van der Waals surface area contributed by atoms with E-state index >= 15 is 0 Å². The quantitative estimate of drug-likeness (QED) is 0.418. The molecule has 1 aliphatic heterocycles. The summed E-state index contributed by atoms with van der Waals surface area (Å²) in [6.45, 7) is 10.6. The molecular weight excluding hydrogens is 444 g/mol. The van der Waals surface area contributed by atoms with Crippen molar-refractivity contribution in [2.45, 2.75) is 46.5 Å². The second-order valence-electron chi connectivity index (χ2n) is 7.98. The number of nitrogens with zero attached hydrogens (tertiary/aromatic N) is 6. The topological polar surface area (TPSA) is 116 Å². The molecule has 0 bridgehead atoms. The fraction of sp³-hybridized carbons (Fsp3) is 0.520. The number of allylic oxidation sites excluding steroid dienone is 1. The zero-order valence-electron chi connectivity index (χ0n) is 21.3. The first-order valence-corrected chi connectivity index (χ1v) is 12.4. The number of ether oxygens (including phenoxy) is 2. The van der Waals surface area contributed by atoms with Gasteiger partial charge in [-0.2, -0.15) is 19.5 Å². The van der Waals surface area contributed by atoms with Gasteiger partial charge in [0.05, 0.1) is 7.11 Å². The van der Waals surface area contributed by atoms with Crippen LogP contribution in [0.3, 0.4) is 0 Å². The average Bonchev–Trinajstić information content (AvgIpc) is 3.32. The number of piperidine rings is 1. The summed E-state index contributed by atoms with van der Waals surface area (Å²) < 4.78 is 12.6. The van der Waals surface area contributed by atoms with Crippen molar-refractivity contribution in [2.75, 3.05) is 50.9 Å². The zero-order valence-corrected chi connectivity index (χ0v) is 21.3. The fourth-order valence-corrected chi connectivity index (χ4v) is 3.87. The molecule has 0 atom stereocenters. The van der Waals surface area contributed by atoms with Crippen LogP contribution in [0.25, 0.3) is 11.5 Å². The molecule has 3 N–H and O–H groups in total. The smallest absolute Gasteiger partial charge is 0.259 e. The summed E-state index contributed by atoms with van der Waals surface area (Å²) in [6.07, 6.45) is 6.56. The summed E-state index contributed by atoms with van der Waals surface area (Å²) in [5.74, 6) is 2.85. The van der Waals surface area contributed by atoms with Gasteiger partial charge in [-0.05, 0) is 63.0 Å². The number of nitrogens with one attached hydrogen (secondary N) is 1. The molecule has 35 heavy (non-hydrogen) atoms. The van der Waals surface area contributed by atoms with Gasteiger partial charge in [-0.3, -0.25) is 4.90 Å². The zero-order chi connectivity index (χ0) is 25.0. The maximum absolute atomic E-state index is 6.03. The van der Waals surface area contributed by atoms with Gasteiger partial charge in [-0.25, -0.2) is 0 Å². The lowest BCUT2D eigenvalue weighted by Crippen LogP contribution is -2.33. The van der Waals surface area contributed by atoms with Crippen molar-refractivity contribution in [1.29, 1.82) is 0 Å². The van der Waals surface area contributed by atoms with Crippen LogP contribution in [0, 0.1) is 0 Å². The number of aromatic nitrogens is 5. The minimum atomic E-state index is 0.207. The average molecular weight is 483 g/mol. The number of likely N-dealkylation sites (tertiary alicyclic amines) is 1. The number of methoxy groups -OCH3 is 1. The summed E-state index contributed by atoms with van der Waals surface area (Å²) in [5.41, 5.74) is 7.23. The van der Waals surface area contributed by atoms with Gasteiger partial charge in [-0.15, -0.1) is 5.10 Å². The Bertz CT molecular complexity index is 1080. The molecule has 3 heterocycles. The number of nitrogen functional groups attached to an aromatic ring is 1.